The second-order valence-electron chi connectivity index (χ2n) is 4.86. The lowest BCUT2D eigenvalue weighted by atomic mass is 9.72. The Morgan fingerprint density at radius 1 is 1.62 bits per heavy atom. The molecule has 2 rings (SSSR count). The first-order valence-corrected chi connectivity index (χ1v) is 5.38. The van der Waals surface area contributed by atoms with Crippen LogP contribution in [0, 0.1) is 17.3 Å². The van der Waals surface area contributed by atoms with Gasteiger partial charge in [0.25, 0.3) is 0 Å². The van der Waals surface area contributed by atoms with Crippen molar-refractivity contribution in [2.24, 2.45) is 17.3 Å². The molecule has 13 heavy (non-hydrogen) atoms. The SMILES string of the molecule is CCC12CCC(CC1CC(=O)O)C2. The highest BCUT2D eigenvalue weighted by Crippen LogP contribution is 2.60. The van der Waals surface area contributed by atoms with Gasteiger partial charge < -0.3 is 5.11 Å². The first-order chi connectivity index (χ1) is 6.16. The molecule has 0 aliphatic heterocycles. The van der Waals surface area contributed by atoms with Gasteiger partial charge in [-0.25, -0.2) is 0 Å². The molecular weight excluding hydrogens is 164 g/mol. The Morgan fingerprint density at radius 2 is 2.38 bits per heavy atom. The molecule has 3 atom stereocenters. The molecule has 0 spiro atoms. The summed E-state index contributed by atoms with van der Waals surface area (Å²) < 4.78 is 0. The maximum Gasteiger partial charge on any atom is 0.303 e. The predicted molar refractivity (Wildman–Crippen MR) is 50.4 cm³/mol. The van der Waals surface area contributed by atoms with Crippen molar-refractivity contribution in [3.8, 4) is 0 Å². The highest BCUT2D eigenvalue weighted by molar-refractivity contribution is 5.67. The molecule has 1 N–H and O–H groups in total. The average Bonchev–Trinajstić information content (AvgIpc) is 2.60. The van der Waals surface area contributed by atoms with Crippen molar-refractivity contribution < 1.29 is 9.90 Å². The lowest BCUT2D eigenvalue weighted by molar-refractivity contribution is -0.139. The van der Waals surface area contributed by atoms with Gasteiger partial charge in [0.1, 0.15) is 0 Å². The van der Waals surface area contributed by atoms with E-state index in [9.17, 15) is 4.79 Å². The highest BCUT2D eigenvalue weighted by atomic mass is 16.4. The first kappa shape index (κ1) is 9.04. The number of carbonyl (C=O) groups is 1. The molecule has 0 aromatic heterocycles. The van der Waals surface area contributed by atoms with Gasteiger partial charge in [0.15, 0.2) is 0 Å². The van der Waals surface area contributed by atoms with Crippen LogP contribution in [-0.2, 0) is 4.79 Å². The minimum Gasteiger partial charge on any atom is -0.481 e. The number of carboxylic acids is 1. The van der Waals surface area contributed by atoms with Gasteiger partial charge in [-0.2, -0.15) is 0 Å². The standard InChI is InChI=1S/C11H18O2/c1-2-11-4-3-8(7-11)5-9(11)6-10(12)13/h8-9H,2-7H2,1H3,(H,12,13). The summed E-state index contributed by atoms with van der Waals surface area (Å²) in [6, 6.07) is 0. The molecule has 3 unspecified atom stereocenters. The second kappa shape index (κ2) is 3.00. The number of fused-ring (bicyclic) bond motifs is 2. The Balaban J connectivity index is 2.08. The van der Waals surface area contributed by atoms with E-state index in [0.29, 0.717) is 17.8 Å². The molecule has 2 fully saturated rings. The van der Waals surface area contributed by atoms with Crippen LogP contribution < -0.4 is 0 Å². The van der Waals surface area contributed by atoms with Crippen LogP contribution in [0.2, 0.25) is 0 Å². The molecular formula is C11H18O2. The summed E-state index contributed by atoms with van der Waals surface area (Å²) in [5, 5.41) is 8.81. The number of hydrogen-bond donors (Lipinski definition) is 1. The predicted octanol–water partition coefficient (Wildman–Crippen LogP) is 2.68. The fourth-order valence-electron chi connectivity index (χ4n) is 3.62. The van der Waals surface area contributed by atoms with Crippen molar-refractivity contribution in [2.75, 3.05) is 0 Å². The van der Waals surface area contributed by atoms with Crippen molar-refractivity contribution >= 4 is 5.97 Å². The van der Waals surface area contributed by atoms with Gasteiger partial charge in [-0.1, -0.05) is 13.3 Å². The van der Waals surface area contributed by atoms with Crippen LogP contribution >= 0.6 is 0 Å². The van der Waals surface area contributed by atoms with Crippen LogP contribution in [0.5, 0.6) is 0 Å². The molecule has 2 saturated carbocycles. The molecule has 2 nitrogen and oxygen atoms in total. The topological polar surface area (TPSA) is 37.3 Å². The lowest BCUT2D eigenvalue weighted by Crippen LogP contribution is -2.26. The molecule has 2 aliphatic rings. The Kier molecular flexibility index (Phi) is 2.09. The van der Waals surface area contributed by atoms with Crippen LogP contribution in [0.15, 0.2) is 0 Å². The van der Waals surface area contributed by atoms with Crippen LogP contribution in [0.25, 0.3) is 0 Å². The highest BCUT2D eigenvalue weighted by Gasteiger charge is 2.50. The maximum atomic E-state index is 10.7. The summed E-state index contributed by atoms with van der Waals surface area (Å²) in [7, 11) is 0. The van der Waals surface area contributed by atoms with E-state index in [1.165, 1.54) is 32.1 Å². The largest absolute Gasteiger partial charge is 0.481 e. The van der Waals surface area contributed by atoms with E-state index in [4.69, 9.17) is 5.11 Å². The van der Waals surface area contributed by atoms with Crippen LogP contribution in [0.1, 0.15) is 45.4 Å². The van der Waals surface area contributed by atoms with Crippen molar-refractivity contribution in [2.45, 2.75) is 45.4 Å². The van der Waals surface area contributed by atoms with Crippen molar-refractivity contribution in [3.63, 3.8) is 0 Å². The van der Waals surface area contributed by atoms with Crippen molar-refractivity contribution in [3.05, 3.63) is 0 Å². The third-order valence-corrected chi connectivity index (χ3v) is 4.35. The molecule has 0 amide bonds. The monoisotopic (exact) mass is 182 g/mol. The zero-order valence-electron chi connectivity index (χ0n) is 8.25. The quantitative estimate of drug-likeness (QED) is 0.728. The van der Waals surface area contributed by atoms with Crippen LogP contribution in [0.3, 0.4) is 0 Å². The van der Waals surface area contributed by atoms with Gasteiger partial charge in [-0.3, -0.25) is 4.79 Å². The maximum absolute atomic E-state index is 10.7. The fraction of sp³-hybridized carbons (Fsp3) is 0.909. The smallest absolute Gasteiger partial charge is 0.303 e. The van der Waals surface area contributed by atoms with E-state index in [0.717, 1.165) is 5.92 Å². The van der Waals surface area contributed by atoms with Gasteiger partial charge in [0.05, 0.1) is 0 Å². The molecule has 74 valence electrons. The molecule has 0 saturated heterocycles. The summed E-state index contributed by atoms with van der Waals surface area (Å²) >= 11 is 0. The van der Waals surface area contributed by atoms with E-state index < -0.39 is 5.97 Å². The number of carboxylic acid groups (broad SMARTS) is 1. The van der Waals surface area contributed by atoms with Crippen LogP contribution in [-0.4, -0.2) is 11.1 Å². The first-order valence-electron chi connectivity index (χ1n) is 5.38. The van der Waals surface area contributed by atoms with Gasteiger partial charge in [-0.05, 0) is 42.9 Å². The number of rotatable bonds is 3. The summed E-state index contributed by atoms with van der Waals surface area (Å²) in [5.41, 5.74) is 0.420. The summed E-state index contributed by atoms with van der Waals surface area (Å²) in [6.07, 6.45) is 6.71. The average molecular weight is 182 g/mol. The van der Waals surface area contributed by atoms with Crippen LogP contribution in [0.4, 0.5) is 0 Å². The van der Waals surface area contributed by atoms with E-state index in [1.807, 2.05) is 0 Å². The molecule has 2 bridgehead atoms. The molecule has 2 heteroatoms. The zero-order chi connectivity index (χ0) is 9.47. The molecule has 0 heterocycles. The fourth-order valence-corrected chi connectivity index (χ4v) is 3.62. The summed E-state index contributed by atoms with van der Waals surface area (Å²) in [4.78, 5) is 10.7. The summed E-state index contributed by atoms with van der Waals surface area (Å²) in [6.45, 7) is 2.22. The molecule has 0 radical (unpaired) electrons. The minimum atomic E-state index is -0.606. The third-order valence-electron chi connectivity index (χ3n) is 4.35. The van der Waals surface area contributed by atoms with Gasteiger partial charge in [-0.15, -0.1) is 0 Å². The molecule has 2 aliphatic carbocycles. The third kappa shape index (κ3) is 1.36. The molecule has 0 aromatic carbocycles. The number of hydrogen-bond acceptors (Lipinski definition) is 1. The van der Waals surface area contributed by atoms with Gasteiger partial charge in [0.2, 0.25) is 0 Å². The van der Waals surface area contributed by atoms with E-state index in [1.54, 1.807) is 0 Å². The summed E-state index contributed by atoms with van der Waals surface area (Å²) in [5.74, 6) is 0.725. The lowest BCUT2D eigenvalue weighted by Gasteiger charge is -2.33. The Hall–Kier alpha value is -0.530. The van der Waals surface area contributed by atoms with Crippen molar-refractivity contribution in [1.29, 1.82) is 0 Å². The minimum absolute atomic E-state index is 0.407. The Morgan fingerprint density at radius 3 is 2.92 bits per heavy atom. The molecule has 0 aromatic rings. The normalized spacial score (nSPS) is 42.5. The van der Waals surface area contributed by atoms with Gasteiger partial charge >= 0.3 is 5.97 Å². The zero-order valence-corrected chi connectivity index (χ0v) is 8.25. The van der Waals surface area contributed by atoms with E-state index in [2.05, 4.69) is 6.92 Å². The van der Waals surface area contributed by atoms with Gasteiger partial charge in [0, 0.05) is 6.42 Å². The van der Waals surface area contributed by atoms with E-state index >= 15 is 0 Å². The Bertz CT molecular complexity index is 224. The van der Waals surface area contributed by atoms with Crippen molar-refractivity contribution in [1.82, 2.24) is 0 Å². The second-order valence-corrected chi connectivity index (χ2v) is 4.86. The van der Waals surface area contributed by atoms with E-state index in [-0.39, 0.29) is 0 Å². The Labute approximate surface area is 79.3 Å². The number of aliphatic carboxylic acids is 1.